The van der Waals surface area contributed by atoms with Gasteiger partial charge < -0.3 is 10.1 Å². The fraction of sp³-hybridized carbons (Fsp3) is 0.583. The summed E-state index contributed by atoms with van der Waals surface area (Å²) in [7, 11) is 0. The number of ketones is 1. The van der Waals surface area contributed by atoms with Crippen molar-refractivity contribution in [1.29, 1.82) is 0 Å². The van der Waals surface area contributed by atoms with Crippen LogP contribution in [0.25, 0.3) is 0 Å². The number of hydrogen-bond donors (Lipinski definition) is 1. The number of hydrogen-bond acceptors (Lipinski definition) is 6. The molecule has 0 aromatic carbocycles. The zero-order chi connectivity index (χ0) is 13.3. The Bertz CT molecular complexity index is 484. The zero-order valence-corrected chi connectivity index (χ0v) is 11.5. The lowest BCUT2D eigenvalue weighted by molar-refractivity contribution is 0.0517. The highest BCUT2D eigenvalue weighted by Gasteiger charge is 2.34. The third kappa shape index (κ3) is 2.69. The molecule has 0 amide bonds. The maximum Gasteiger partial charge on any atom is 0.358 e. The van der Waals surface area contributed by atoms with Gasteiger partial charge in [-0.1, -0.05) is 18.3 Å². The molecule has 1 aliphatic carbocycles. The van der Waals surface area contributed by atoms with E-state index in [1.165, 1.54) is 18.3 Å². The van der Waals surface area contributed by atoms with Crippen molar-refractivity contribution in [1.82, 2.24) is 4.98 Å². The molecular formula is C12H16N2O3S. The summed E-state index contributed by atoms with van der Waals surface area (Å²) >= 11 is 1.22. The Hall–Kier alpha value is -1.43. The summed E-state index contributed by atoms with van der Waals surface area (Å²) in [6.07, 6.45) is 1.10. The van der Waals surface area contributed by atoms with Crippen molar-refractivity contribution in [3.05, 3.63) is 10.6 Å². The number of nitrogens with zero attached hydrogens (tertiary/aromatic N) is 1. The predicted octanol–water partition coefficient (Wildman–Crippen LogP) is 2.34. The van der Waals surface area contributed by atoms with Crippen molar-refractivity contribution >= 4 is 28.2 Å². The van der Waals surface area contributed by atoms with Gasteiger partial charge in [-0.15, -0.1) is 0 Å². The highest BCUT2D eigenvalue weighted by molar-refractivity contribution is 7.17. The van der Waals surface area contributed by atoms with Crippen LogP contribution in [0.3, 0.4) is 0 Å². The van der Waals surface area contributed by atoms with Gasteiger partial charge in [-0.05, 0) is 19.3 Å². The Labute approximate surface area is 110 Å². The van der Waals surface area contributed by atoms with Gasteiger partial charge in [0.15, 0.2) is 16.6 Å². The quantitative estimate of drug-likeness (QED) is 0.655. The molecule has 98 valence electrons. The van der Waals surface area contributed by atoms with Crippen LogP contribution in [0.5, 0.6) is 0 Å². The van der Waals surface area contributed by atoms with Crippen LogP contribution in [-0.2, 0) is 4.74 Å². The number of aromatic nitrogens is 1. The molecule has 2 atom stereocenters. The fourth-order valence-corrected chi connectivity index (χ4v) is 2.55. The summed E-state index contributed by atoms with van der Waals surface area (Å²) in [5.41, 5.74) is 0.130. The number of anilines is 1. The van der Waals surface area contributed by atoms with E-state index in [-0.39, 0.29) is 18.1 Å². The van der Waals surface area contributed by atoms with E-state index >= 15 is 0 Å². The van der Waals surface area contributed by atoms with Crippen LogP contribution in [-0.4, -0.2) is 29.4 Å². The number of carbonyl (C=O) groups excluding carboxylic acids is 2. The number of Topliss-reactive ketones (excluding diaryl/α,β-unsaturated/α-hetero) is 1. The molecule has 1 fully saturated rings. The second-order valence-corrected chi connectivity index (χ2v) is 5.44. The molecule has 1 aromatic rings. The van der Waals surface area contributed by atoms with Crippen LogP contribution >= 0.6 is 11.3 Å². The third-order valence-corrected chi connectivity index (χ3v) is 3.92. The maximum atomic E-state index is 11.7. The molecule has 1 saturated carbocycles. The molecule has 2 rings (SSSR count). The third-order valence-electron chi connectivity index (χ3n) is 2.83. The molecule has 0 radical (unpaired) electrons. The van der Waals surface area contributed by atoms with E-state index in [0.29, 0.717) is 22.0 Å². The fourth-order valence-electron chi connectivity index (χ4n) is 1.64. The standard InChI is InChI=1S/C12H16N2O3S/c1-4-17-11(16)9-10(7(3)15)18-12(14-9)13-8-5-6(8)2/h6,8H,4-5H2,1-3H3,(H,13,14). The summed E-state index contributed by atoms with van der Waals surface area (Å²) in [4.78, 5) is 27.7. The van der Waals surface area contributed by atoms with Crippen molar-refractivity contribution in [3.63, 3.8) is 0 Å². The predicted molar refractivity (Wildman–Crippen MR) is 69.3 cm³/mol. The van der Waals surface area contributed by atoms with Crippen LogP contribution in [0.4, 0.5) is 5.13 Å². The van der Waals surface area contributed by atoms with Gasteiger partial charge in [0.1, 0.15) is 4.88 Å². The summed E-state index contributed by atoms with van der Waals surface area (Å²) < 4.78 is 4.90. The minimum Gasteiger partial charge on any atom is -0.461 e. The van der Waals surface area contributed by atoms with Gasteiger partial charge in [0.25, 0.3) is 0 Å². The molecule has 1 aromatic heterocycles. The number of carbonyl (C=O) groups is 2. The van der Waals surface area contributed by atoms with Gasteiger partial charge in [-0.2, -0.15) is 0 Å². The molecule has 2 unspecified atom stereocenters. The summed E-state index contributed by atoms with van der Waals surface area (Å²) in [5.74, 6) is -0.0657. The molecular weight excluding hydrogens is 252 g/mol. The molecule has 0 bridgehead atoms. The second-order valence-electron chi connectivity index (χ2n) is 4.44. The van der Waals surface area contributed by atoms with Crippen molar-refractivity contribution in [2.24, 2.45) is 5.92 Å². The number of thiazole rings is 1. The van der Waals surface area contributed by atoms with Crippen molar-refractivity contribution < 1.29 is 14.3 Å². The van der Waals surface area contributed by atoms with Gasteiger partial charge in [0.2, 0.25) is 0 Å². The van der Waals surface area contributed by atoms with Gasteiger partial charge in [-0.25, -0.2) is 9.78 Å². The molecule has 1 heterocycles. The Kier molecular flexibility index (Phi) is 3.65. The van der Waals surface area contributed by atoms with Gasteiger partial charge in [0.05, 0.1) is 6.61 Å². The minimum absolute atomic E-state index is 0.130. The van der Waals surface area contributed by atoms with E-state index in [1.54, 1.807) is 6.92 Å². The smallest absolute Gasteiger partial charge is 0.358 e. The van der Waals surface area contributed by atoms with Crippen LogP contribution in [0.1, 0.15) is 47.4 Å². The number of ether oxygens (including phenoxy) is 1. The van der Waals surface area contributed by atoms with Crippen molar-refractivity contribution in [3.8, 4) is 0 Å². The first kappa shape index (κ1) is 13.0. The number of nitrogens with one attached hydrogen (secondary N) is 1. The Morgan fingerprint density at radius 1 is 1.56 bits per heavy atom. The maximum absolute atomic E-state index is 11.7. The number of rotatable bonds is 5. The molecule has 1 N–H and O–H groups in total. The lowest BCUT2D eigenvalue weighted by Crippen LogP contribution is -2.10. The second kappa shape index (κ2) is 5.06. The summed E-state index contributed by atoms with van der Waals surface area (Å²) in [6, 6.07) is 0.408. The lowest BCUT2D eigenvalue weighted by atomic mass is 10.3. The monoisotopic (exact) mass is 268 g/mol. The van der Waals surface area contributed by atoms with Gasteiger partial charge in [-0.3, -0.25) is 4.79 Å². The van der Waals surface area contributed by atoms with E-state index in [2.05, 4.69) is 17.2 Å². The topological polar surface area (TPSA) is 68.3 Å². The van der Waals surface area contributed by atoms with Crippen LogP contribution in [0.2, 0.25) is 0 Å². The van der Waals surface area contributed by atoms with E-state index in [9.17, 15) is 9.59 Å². The molecule has 0 saturated heterocycles. The molecule has 0 aliphatic heterocycles. The summed E-state index contributed by atoms with van der Waals surface area (Å²) in [6.45, 7) is 5.57. The van der Waals surface area contributed by atoms with Crippen molar-refractivity contribution in [2.45, 2.75) is 33.2 Å². The van der Waals surface area contributed by atoms with Crippen molar-refractivity contribution in [2.75, 3.05) is 11.9 Å². The Balaban J connectivity index is 2.20. The normalized spacial score (nSPS) is 21.5. The number of esters is 1. The SMILES string of the molecule is CCOC(=O)c1nc(NC2CC2C)sc1C(C)=O. The first-order chi connectivity index (χ1) is 8.52. The van der Waals surface area contributed by atoms with E-state index in [0.717, 1.165) is 6.42 Å². The Morgan fingerprint density at radius 2 is 2.22 bits per heavy atom. The average Bonchev–Trinajstić information content (AvgIpc) is 2.83. The van der Waals surface area contributed by atoms with E-state index < -0.39 is 5.97 Å². The minimum atomic E-state index is -0.532. The first-order valence-electron chi connectivity index (χ1n) is 5.98. The highest BCUT2D eigenvalue weighted by Crippen LogP contribution is 2.34. The van der Waals surface area contributed by atoms with E-state index in [4.69, 9.17) is 4.74 Å². The molecule has 18 heavy (non-hydrogen) atoms. The van der Waals surface area contributed by atoms with E-state index in [1.807, 2.05) is 0 Å². The molecule has 1 aliphatic rings. The van der Waals surface area contributed by atoms with Crippen LogP contribution in [0, 0.1) is 5.92 Å². The van der Waals surface area contributed by atoms with Crippen LogP contribution in [0.15, 0.2) is 0 Å². The van der Waals surface area contributed by atoms with Crippen LogP contribution < -0.4 is 5.32 Å². The average molecular weight is 268 g/mol. The van der Waals surface area contributed by atoms with Gasteiger partial charge >= 0.3 is 5.97 Å². The molecule has 5 nitrogen and oxygen atoms in total. The molecule has 0 spiro atoms. The summed E-state index contributed by atoms with van der Waals surface area (Å²) in [5, 5.41) is 3.85. The zero-order valence-electron chi connectivity index (χ0n) is 10.6. The molecule has 6 heteroatoms. The lowest BCUT2D eigenvalue weighted by Gasteiger charge is -1.99. The first-order valence-corrected chi connectivity index (χ1v) is 6.80. The largest absolute Gasteiger partial charge is 0.461 e. The highest BCUT2D eigenvalue weighted by atomic mass is 32.1. The van der Waals surface area contributed by atoms with Gasteiger partial charge in [0, 0.05) is 13.0 Å². The Morgan fingerprint density at radius 3 is 2.72 bits per heavy atom.